The monoisotopic (exact) mass is 308 g/mol. The second-order valence-electron chi connectivity index (χ2n) is 6.52. The SMILES string of the molecule is CC1CCC(=CC(=O)NCCc2cccc3cccnc23)CC1. The zero-order chi connectivity index (χ0) is 16.1. The van der Waals surface area contributed by atoms with Gasteiger partial charge in [-0.1, -0.05) is 36.8 Å². The van der Waals surface area contributed by atoms with Crippen molar-refractivity contribution < 1.29 is 4.79 Å². The first kappa shape index (κ1) is 15.7. The quantitative estimate of drug-likeness (QED) is 0.866. The normalized spacial score (nSPS) is 18.0. The molecular weight excluding hydrogens is 284 g/mol. The molecule has 0 radical (unpaired) electrons. The standard InChI is InChI=1S/C20H24N2O/c1-15-7-9-16(10-8-15)14-19(23)21-13-11-18-5-2-4-17-6-3-12-22-20(17)18/h2-6,12,14-15H,7-11,13H2,1H3,(H,21,23). The van der Waals surface area contributed by atoms with Gasteiger partial charge in [-0.2, -0.15) is 0 Å². The van der Waals surface area contributed by atoms with Crippen LogP contribution in [0.3, 0.4) is 0 Å². The minimum atomic E-state index is 0.0442. The molecule has 1 aliphatic rings. The number of amides is 1. The lowest BCUT2D eigenvalue weighted by Gasteiger charge is -2.19. The Hall–Kier alpha value is -2.16. The van der Waals surface area contributed by atoms with Crippen molar-refractivity contribution in [1.29, 1.82) is 0 Å². The lowest BCUT2D eigenvalue weighted by molar-refractivity contribution is -0.116. The lowest BCUT2D eigenvalue weighted by atomic mass is 9.87. The van der Waals surface area contributed by atoms with Gasteiger partial charge in [-0.3, -0.25) is 9.78 Å². The van der Waals surface area contributed by atoms with Crippen LogP contribution in [0.1, 0.15) is 38.2 Å². The number of benzene rings is 1. The molecule has 23 heavy (non-hydrogen) atoms. The summed E-state index contributed by atoms with van der Waals surface area (Å²) < 4.78 is 0. The average Bonchev–Trinajstić information content (AvgIpc) is 2.57. The number of hydrogen-bond donors (Lipinski definition) is 1. The molecule has 1 aromatic carbocycles. The predicted octanol–water partition coefficient (Wildman–Crippen LogP) is 4.03. The van der Waals surface area contributed by atoms with Gasteiger partial charge in [0.15, 0.2) is 0 Å². The smallest absolute Gasteiger partial charge is 0.243 e. The van der Waals surface area contributed by atoms with Crippen LogP contribution in [-0.4, -0.2) is 17.4 Å². The Morgan fingerprint density at radius 1 is 1.26 bits per heavy atom. The van der Waals surface area contributed by atoms with Gasteiger partial charge >= 0.3 is 0 Å². The van der Waals surface area contributed by atoms with Crippen molar-refractivity contribution in [3.8, 4) is 0 Å². The van der Waals surface area contributed by atoms with Crippen molar-refractivity contribution in [3.05, 3.63) is 53.7 Å². The van der Waals surface area contributed by atoms with E-state index >= 15 is 0 Å². The molecule has 0 unspecified atom stereocenters. The summed E-state index contributed by atoms with van der Waals surface area (Å²) in [5.74, 6) is 0.844. The van der Waals surface area contributed by atoms with E-state index in [-0.39, 0.29) is 5.91 Å². The van der Waals surface area contributed by atoms with Gasteiger partial charge in [0, 0.05) is 24.2 Å². The molecule has 2 aromatic rings. The molecule has 3 heteroatoms. The Bertz CT molecular complexity index is 705. The lowest BCUT2D eigenvalue weighted by Crippen LogP contribution is -2.24. The van der Waals surface area contributed by atoms with Gasteiger partial charge in [0.25, 0.3) is 0 Å². The van der Waals surface area contributed by atoms with Crippen LogP contribution in [0.5, 0.6) is 0 Å². The summed E-state index contributed by atoms with van der Waals surface area (Å²) >= 11 is 0. The molecule has 0 atom stereocenters. The Morgan fingerprint density at radius 2 is 2.04 bits per heavy atom. The Balaban J connectivity index is 1.54. The molecule has 1 saturated carbocycles. The van der Waals surface area contributed by atoms with E-state index in [2.05, 4.69) is 35.4 Å². The number of pyridine rings is 1. The second kappa shape index (κ2) is 7.40. The highest BCUT2D eigenvalue weighted by Crippen LogP contribution is 2.27. The van der Waals surface area contributed by atoms with E-state index < -0.39 is 0 Å². The molecule has 1 N–H and O–H groups in total. The summed E-state index contributed by atoms with van der Waals surface area (Å²) in [7, 11) is 0. The Morgan fingerprint density at radius 3 is 2.87 bits per heavy atom. The molecule has 0 spiro atoms. The van der Waals surface area contributed by atoms with Gasteiger partial charge in [0.1, 0.15) is 0 Å². The van der Waals surface area contributed by atoms with Crippen molar-refractivity contribution in [2.75, 3.05) is 6.54 Å². The molecule has 1 heterocycles. The number of carbonyl (C=O) groups is 1. The molecule has 1 aliphatic carbocycles. The van der Waals surface area contributed by atoms with Gasteiger partial charge in [-0.05, 0) is 49.7 Å². The van der Waals surface area contributed by atoms with Gasteiger partial charge in [-0.25, -0.2) is 0 Å². The third-order valence-corrected chi connectivity index (χ3v) is 4.66. The highest BCUT2D eigenvalue weighted by Gasteiger charge is 2.13. The highest BCUT2D eigenvalue weighted by molar-refractivity contribution is 5.88. The Kier molecular flexibility index (Phi) is 5.06. The van der Waals surface area contributed by atoms with Crippen molar-refractivity contribution in [2.24, 2.45) is 5.92 Å². The molecule has 3 rings (SSSR count). The van der Waals surface area contributed by atoms with E-state index in [1.807, 2.05) is 24.4 Å². The number of para-hydroxylation sites is 1. The van der Waals surface area contributed by atoms with E-state index in [9.17, 15) is 4.79 Å². The molecule has 1 amide bonds. The Labute approximate surface area is 137 Å². The number of carbonyl (C=O) groups excluding carboxylic acids is 1. The maximum atomic E-state index is 12.0. The number of aromatic nitrogens is 1. The summed E-state index contributed by atoms with van der Waals surface area (Å²) in [6, 6.07) is 10.2. The van der Waals surface area contributed by atoms with Crippen LogP contribution in [0.2, 0.25) is 0 Å². The largest absolute Gasteiger partial charge is 0.352 e. The van der Waals surface area contributed by atoms with Crippen molar-refractivity contribution in [3.63, 3.8) is 0 Å². The molecular formula is C20H24N2O. The molecule has 0 saturated heterocycles. The fourth-order valence-corrected chi connectivity index (χ4v) is 3.20. The fourth-order valence-electron chi connectivity index (χ4n) is 3.20. The average molecular weight is 308 g/mol. The first-order valence-electron chi connectivity index (χ1n) is 8.52. The summed E-state index contributed by atoms with van der Waals surface area (Å²) in [6.45, 7) is 2.93. The zero-order valence-corrected chi connectivity index (χ0v) is 13.7. The summed E-state index contributed by atoms with van der Waals surface area (Å²) in [5, 5.41) is 4.16. The van der Waals surface area contributed by atoms with E-state index in [4.69, 9.17) is 0 Å². The molecule has 1 fully saturated rings. The molecule has 0 aliphatic heterocycles. The first-order chi connectivity index (χ1) is 11.2. The molecule has 120 valence electrons. The van der Waals surface area contributed by atoms with Crippen molar-refractivity contribution in [2.45, 2.75) is 39.0 Å². The second-order valence-corrected chi connectivity index (χ2v) is 6.52. The molecule has 0 bridgehead atoms. The van der Waals surface area contributed by atoms with Gasteiger partial charge in [0.2, 0.25) is 5.91 Å². The maximum absolute atomic E-state index is 12.0. The van der Waals surface area contributed by atoms with Crippen LogP contribution in [0.25, 0.3) is 10.9 Å². The van der Waals surface area contributed by atoms with Crippen molar-refractivity contribution in [1.82, 2.24) is 10.3 Å². The number of nitrogens with one attached hydrogen (secondary N) is 1. The fraction of sp³-hybridized carbons (Fsp3) is 0.400. The van der Waals surface area contributed by atoms with Crippen LogP contribution in [0, 0.1) is 5.92 Å². The minimum absolute atomic E-state index is 0.0442. The van der Waals surface area contributed by atoms with E-state index in [1.165, 1.54) is 24.0 Å². The number of nitrogens with zero attached hydrogens (tertiary/aromatic N) is 1. The maximum Gasteiger partial charge on any atom is 0.243 e. The number of allylic oxidation sites excluding steroid dienone is 1. The van der Waals surface area contributed by atoms with E-state index in [0.717, 1.165) is 36.1 Å². The van der Waals surface area contributed by atoms with Crippen LogP contribution in [0.4, 0.5) is 0 Å². The third kappa shape index (κ3) is 4.19. The van der Waals surface area contributed by atoms with Gasteiger partial charge < -0.3 is 5.32 Å². The summed E-state index contributed by atoms with van der Waals surface area (Å²) in [4.78, 5) is 16.5. The number of hydrogen-bond acceptors (Lipinski definition) is 2. The van der Waals surface area contributed by atoms with E-state index in [0.29, 0.717) is 6.54 Å². The zero-order valence-electron chi connectivity index (χ0n) is 13.7. The van der Waals surface area contributed by atoms with Gasteiger partial charge in [-0.15, -0.1) is 0 Å². The number of rotatable bonds is 4. The topological polar surface area (TPSA) is 42.0 Å². The highest BCUT2D eigenvalue weighted by atomic mass is 16.1. The minimum Gasteiger partial charge on any atom is -0.352 e. The van der Waals surface area contributed by atoms with E-state index in [1.54, 1.807) is 0 Å². The number of fused-ring (bicyclic) bond motifs is 1. The molecule has 1 aromatic heterocycles. The van der Waals surface area contributed by atoms with Crippen molar-refractivity contribution >= 4 is 16.8 Å². The molecule has 3 nitrogen and oxygen atoms in total. The van der Waals surface area contributed by atoms with Crippen LogP contribution < -0.4 is 5.32 Å². The summed E-state index contributed by atoms with van der Waals surface area (Å²) in [5.41, 5.74) is 3.51. The predicted molar refractivity (Wildman–Crippen MR) is 94.2 cm³/mol. The van der Waals surface area contributed by atoms with Crippen LogP contribution in [-0.2, 0) is 11.2 Å². The van der Waals surface area contributed by atoms with Gasteiger partial charge in [0.05, 0.1) is 5.52 Å². The van der Waals surface area contributed by atoms with Crippen LogP contribution >= 0.6 is 0 Å². The third-order valence-electron chi connectivity index (χ3n) is 4.66. The summed E-state index contributed by atoms with van der Waals surface area (Å²) in [6.07, 6.45) is 9.00. The first-order valence-corrected chi connectivity index (χ1v) is 8.52. The van der Waals surface area contributed by atoms with Crippen LogP contribution in [0.15, 0.2) is 48.2 Å².